The van der Waals surface area contributed by atoms with Crippen molar-refractivity contribution >= 4 is 35.9 Å². The van der Waals surface area contributed by atoms with E-state index in [0.717, 1.165) is 10.1 Å². The van der Waals surface area contributed by atoms with E-state index >= 15 is 0 Å². The Kier molecular flexibility index (Phi) is 4.14. The molecule has 0 heterocycles. The fourth-order valence-corrected chi connectivity index (χ4v) is 2.41. The molecule has 0 fully saturated rings. The van der Waals surface area contributed by atoms with E-state index in [4.69, 9.17) is 5.26 Å². The summed E-state index contributed by atoms with van der Waals surface area (Å²) in [4.78, 5) is 2.21. The Morgan fingerprint density at radius 3 is 2.33 bits per heavy atom. The van der Waals surface area contributed by atoms with Crippen molar-refractivity contribution < 1.29 is 18.1 Å². The minimum Gasteiger partial charge on any atom is -1.00 e. The molecule has 0 unspecified atom stereocenters. The number of hydrogen-bond donors (Lipinski definition) is 1. The molecule has 2 nitrogen and oxygen atoms in total. The third-order valence-corrected chi connectivity index (χ3v) is 3.53. The van der Waals surface area contributed by atoms with Crippen molar-refractivity contribution in [1.29, 1.82) is 5.26 Å². The van der Waals surface area contributed by atoms with E-state index in [2.05, 4.69) is 28.9 Å². The van der Waals surface area contributed by atoms with Crippen LogP contribution in [0.1, 0.15) is 0 Å². The zero-order valence-electron chi connectivity index (χ0n) is 7.90. The van der Waals surface area contributed by atoms with E-state index in [0.29, 0.717) is 0 Å². The molecule has 3 N–H and O–H groups in total. The van der Waals surface area contributed by atoms with Crippen molar-refractivity contribution in [2.75, 3.05) is 0 Å². The first-order valence-corrected chi connectivity index (χ1v) is 5.93. The first-order chi connectivity index (χ1) is 6.81. The van der Waals surface area contributed by atoms with Gasteiger partial charge in [-0.15, -0.1) is 0 Å². The predicted octanol–water partition coefficient (Wildman–Crippen LogP) is -2.47. The number of halogens is 1. The van der Waals surface area contributed by atoms with Gasteiger partial charge in [0.05, 0.1) is 0 Å². The van der Waals surface area contributed by atoms with Crippen LogP contribution in [0.3, 0.4) is 0 Å². The molecular weight excluding hydrogens is 275 g/mol. The Hall–Kier alpha value is -1.04. The molecule has 0 bridgehead atoms. The number of fused-ring (bicyclic) bond motifs is 1. The number of rotatable bonds is 1. The first-order valence-electron chi connectivity index (χ1n) is 4.22. The Labute approximate surface area is 101 Å². The molecule has 0 aromatic heterocycles. The van der Waals surface area contributed by atoms with Gasteiger partial charge in [0.2, 0.25) is 0 Å². The van der Waals surface area contributed by atoms with Crippen LogP contribution in [0.25, 0.3) is 10.8 Å². The van der Waals surface area contributed by atoms with Gasteiger partial charge in [-0.1, -0.05) is 0 Å². The molecule has 2 rings (SSSR count). The quantitative estimate of drug-likeness (QED) is 0.580. The summed E-state index contributed by atoms with van der Waals surface area (Å²) in [5.41, 5.74) is 4.93. The van der Waals surface area contributed by atoms with E-state index in [9.17, 15) is 0 Å². The molecule has 0 aliphatic heterocycles. The van der Waals surface area contributed by atoms with Gasteiger partial charge in [-0.3, -0.25) is 0 Å². The van der Waals surface area contributed by atoms with Crippen molar-refractivity contribution in [3.05, 3.63) is 36.4 Å². The fraction of sp³-hybridized carbons (Fsp3) is 0. The molecule has 0 saturated carbocycles. The molecule has 76 valence electrons. The molecule has 0 spiro atoms. The zero-order chi connectivity index (χ0) is 9.97. The summed E-state index contributed by atoms with van der Waals surface area (Å²) in [5.74, 6) is 0. The second-order valence-corrected chi connectivity index (χ2v) is 4.73. The molecule has 2 aromatic rings. The third-order valence-electron chi connectivity index (χ3n) is 2.08. The maximum Gasteiger partial charge on any atom is -1.00 e. The zero-order valence-corrected chi connectivity index (χ0v) is 10.4. The van der Waals surface area contributed by atoms with Crippen LogP contribution in [-0.2, 0) is 0 Å². The Morgan fingerprint density at radius 1 is 1.13 bits per heavy atom. The van der Waals surface area contributed by atoms with Crippen LogP contribution >= 0.6 is 0 Å². The Bertz CT molecular complexity index is 519. The van der Waals surface area contributed by atoms with Crippen LogP contribution in [-0.4, -0.2) is 15.0 Å². The predicted molar refractivity (Wildman–Crippen MR) is 57.5 cm³/mol. The fourth-order valence-electron chi connectivity index (χ4n) is 1.41. The van der Waals surface area contributed by atoms with Crippen LogP contribution in [0.2, 0.25) is 0 Å². The normalized spacial score (nSPS) is 9.33. The third kappa shape index (κ3) is 2.50. The Morgan fingerprint density at radius 2 is 1.73 bits per heavy atom. The molecular formula is C11H9ClN2Se. The molecule has 0 radical (unpaired) electrons. The summed E-state index contributed by atoms with van der Waals surface area (Å²) in [6.45, 7) is 0. The smallest absolute Gasteiger partial charge is 1.00 e. The largest absolute Gasteiger partial charge is 1.00 e. The average molecular weight is 284 g/mol. The van der Waals surface area contributed by atoms with E-state index in [1.54, 1.807) is 0 Å². The van der Waals surface area contributed by atoms with Crippen LogP contribution in [0.5, 0.6) is 0 Å². The maximum atomic E-state index is 8.67. The summed E-state index contributed by atoms with van der Waals surface area (Å²) in [6, 6.07) is 12.3. The van der Waals surface area contributed by atoms with Crippen LogP contribution in [0, 0.1) is 10.2 Å². The Balaban J connectivity index is 0.00000112. The second-order valence-electron chi connectivity index (χ2n) is 3.00. The van der Waals surface area contributed by atoms with Crippen LogP contribution in [0.4, 0.5) is 5.69 Å². The summed E-state index contributed by atoms with van der Waals surface area (Å²) < 4.78 is 1.08. The summed E-state index contributed by atoms with van der Waals surface area (Å²) in [7, 11) is 0. The number of hydrogen-bond acceptors (Lipinski definition) is 1. The van der Waals surface area contributed by atoms with E-state index in [-0.39, 0.29) is 27.4 Å². The van der Waals surface area contributed by atoms with Crippen LogP contribution < -0.4 is 22.6 Å². The van der Waals surface area contributed by atoms with Gasteiger partial charge in [-0.2, -0.15) is 0 Å². The monoisotopic (exact) mass is 284 g/mol. The van der Waals surface area contributed by atoms with Gasteiger partial charge in [0, 0.05) is 0 Å². The van der Waals surface area contributed by atoms with Gasteiger partial charge >= 0.3 is 88.2 Å². The topological polar surface area (TPSA) is 51.4 Å². The first kappa shape index (κ1) is 12.0. The number of quaternary nitrogens is 1. The van der Waals surface area contributed by atoms with Crippen molar-refractivity contribution in [1.82, 2.24) is 0 Å². The van der Waals surface area contributed by atoms with E-state index in [1.807, 2.05) is 18.2 Å². The van der Waals surface area contributed by atoms with Crippen molar-refractivity contribution in [3.8, 4) is 4.97 Å². The van der Waals surface area contributed by atoms with Gasteiger partial charge in [0.1, 0.15) is 0 Å². The van der Waals surface area contributed by atoms with Crippen molar-refractivity contribution in [3.63, 3.8) is 0 Å². The summed E-state index contributed by atoms with van der Waals surface area (Å²) in [6.07, 6.45) is 0. The molecule has 2 aromatic carbocycles. The molecule has 0 aliphatic rings. The van der Waals surface area contributed by atoms with Crippen molar-refractivity contribution in [2.45, 2.75) is 0 Å². The van der Waals surface area contributed by atoms with Gasteiger partial charge in [0.15, 0.2) is 0 Å². The molecule has 0 amide bonds. The minimum absolute atomic E-state index is 0. The number of benzene rings is 2. The minimum atomic E-state index is -0.110. The van der Waals surface area contributed by atoms with E-state index in [1.165, 1.54) is 10.8 Å². The van der Waals surface area contributed by atoms with Crippen LogP contribution in [0.15, 0.2) is 36.4 Å². The summed E-state index contributed by atoms with van der Waals surface area (Å²) in [5, 5.41) is 11.0. The average Bonchev–Trinajstić information content (AvgIpc) is 2.19. The van der Waals surface area contributed by atoms with Gasteiger partial charge in [-0.25, -0.2) is 0 Å². The van der Waals surface area contributed by atoms with E-state index < -0.39 is 0 Å². The van der Waals surface area contributed by atoms with Gasteiger partial charge in [0.25, 0.3) is 0 Å². The standard InChI is InChI=1S/C11H8N2Se.ClH/c12-7-14-11-6-9-4-2-1-3-8(9)5-10(11)13;/h1-6H,13H2;1H. The van der Waals surface area contributed by atoms with Gasteiger partial charge in [-0.05, 0) is 0 Å². The maximum absolute atomic E-state index is 8.67. The summed E-state index contributed by atoms with van der Waals surface area (Å²) >= 11 is -0.110. The molecule has 15 heavy (non-hydrogen) atoms. The molecule has 0 aliphatic carbocycles. The molecule has 4 heteroatoms. The number of nitriles is 1. The number of nitrogens with zero attached hydrogens (tertiary/aromatic N) is 1. The second kappa shape index (κ2) is 5.16. The SMILES string of the molecule is N#C[Se]c1cc2ccccc2cc1[NH3+].[Cl-]. The van der Waals surface area contributed by atoms with Gasteiger partial charge < -0.3 is 12.4 Å². The molecule has 0 atom stereocenters. The molecule has 0 saturated heterocycles. The van der Waals surface area contributed by atoms with Crippen molar-refractivity contribution in [2.24, 2.45) is 0 Å².